The molecule has 0 spiro atoms. The van der Waals surface area contributed by atoms with E-state index in [1.807, 2.05) is 0 Å². The first-order valence-corrected chi connectivity index (χ1v) is 9.22. The number of benzene rings is 1. The first-order chi connectivity index (χ1) is 9.92. The number of hydrogen-bond donors (Lipinski definition) is 1. The van der Waals surface area contributed by atoms with E-state index < -0.39 is 15.6 Å². The van der Waals surface area contributed by atoms with Crippen LogP contribution < -0.4 is 0 Å². The number of sulfonamides is 1. The molecule has 116 valence electrons. The molecule has 0 aromatic heterocycles. The van der Waals surface area contributed by atoms with Crippen LogP contribution in [0.1, 0.15) is 32.1 Å². The fourth-order valence-electron chi connectivity index (χ4n) is 3.54. The molecule has 21 heavy (non-hydrogen) atoms. The number of fused-ring (bicyclic) bond motifs is 1. The van der Waals surface area contributed by atoms with Gasteiger partial charge in [0.1, 0.15) is 0 Å². The van der Waals surface area contributed by atoms with Crippen molar-refractivity contribution in [3.05, 3.63) is 29.3 Å². The van der Waals surface area contributed by atoms with Crippen molar-refractivity contribution < 1.29 is 13.5 Å². The molecule has 0 bridgehead atoms. The lowest BCUT2D eigenvalue weighted by molar-refractivity contribution is -0.0816. The second-order valence-electron chi connectivity index (χ2n) is 6.12. The van der Waals surface area contributed by atoms with Crippen LogP contribution in [0.2, 0.25) is 5.02 Å². The maximum atomic E-state index is 12.7. The molecule has 2 unspecified atom stereocenters. The van der Waals surface area contributed by atoms with Gasteiger partial charge >= 0.3 is 0 Å². The maximum absolute atomic E-state index is 12.7. The van der Waals surface area contributed by atoms with Crippen LogP contribution in [0.3, 0.4) is 0 Å². The number of piperidine rings is 1. The van der Waals surface area contributed by atoms with Crippen LogP contribution in [0.15, 0.2) is 29.2 Å². The van der Waals surface area contributed by atoms with Crippen molar-refractivity contribution in [2.75, 3.05) is 13.1 Å². The predicted molar refractivity (Wildman–Crippen MR) is 81.7 cm³/mol. The minimum atomic E-state index is -3.52. The smallest absolute Gasteiger partial charge is 0.243 e. The third-order valence-corrected chi connectivity index (χ3v) is 6.92. The zero-order valence-electron chi connectivity index (χ0n) is 11.8. The number of nitrogens with zero attached hydrogens (tertiary/aromatic N) is 1. The van der Waals surface area contributed by atoms with E-state index in [4.69, 9.17) is 11.6 Å². The summed E-state index contributed by atoms with van der Waals surface area (Å²) in [6, 6.07) is 6.37. The van der Waals surface area contributed by atoms with Crippen molar-refractivity contribution in [1.82, 2.24) is 4.31 Å². The Morgan fingerprint density at radius 1 is 1.29 bits per heavy atom. The Morgan fingerprint density at radius 3 is 2.86 bits per heavy atom. The predicted octanol–water partition coefficient (Wildman–Crippen LogP) is 2.66. The Morgan fingerprint density at radius 2 is 2.10 bits per heavy atom. The van der Waals surface area contributed by atoms with Gasteiger partial charge < -0.3 is 5.11 Å². The molecule has 2 atom stereocenters. The molecule has 1 aromatic carbocycles. The Kier molecular flexibility index (Phi) is 4.03. The van der Waals surface area contributed by atoms with Crippen LogP contribution in [0.25, 0.3) is 0 Å². The van der Waals surface area contributed by atoms with E-state index in [-0.39, 0.29) is 10.8 Å². The van der Waals surface area contributed by atoms with Crippen LogP contribution in [0.5, 0.6) is 0 Å². The normalized spacial score (nSPS) is 30.9. The lowest BCUT2D eigenvalue weighted by atomic mass is 9.72. The molecule has 1 aromatic rings. The molecule has 0 radical (unpaired) electrons. The zero-order valence-corrected chi connectivity index (χ0v) is 13.4. The quantitative estimate of drug-likeness (QED) is 0.907. The van der Waals surface area contributed by atoms with Gasteiger partial charge in [-0.25, -0.2) is 8.42 Å². The van der Waals surface area contributed by atoms with E-state index >= 15 is 0 Å². The monoisotopic (exact) mass is 329 g/mol. The average Bonchev–Trinajstić information content (AvgIpc) is 2.46. The Bertz CT molecular complexity index is 634. The molecule has 1 N–H and O–H groups in total. The Labute approximate surface area is 130 Å². The lowest BCUT2D eigenvalue weighted by Crippen LogP contribution is -2.54. The highest BCUT2D eigenvalue weighted by Gasteiger charge is 2.45. The fourth-order valence-corrected chi connectivity index (χ4v) is 5.32. The van der Waals surface area contributed by atoms with Crippen molar-refractivity contribution >= 4 is 21.6 Å². The molecule has 1 aliphatic carbocycles. The zero-order chi connectivity index (χ0) is 15.1. The average molecular weight is 330 g/mol. The third kappa shape index (κ3) is 2.84. The summed E-state index contributed by atoms with van der Waals surface area (Å²) in [5, 5.41) is 11.1. The van der Waals surface area contributed by atoms with E-state index in [0.29, 0.717) is 24.5 Å². The SMILES string of the molecule is O=S(=O)(c1cccc(Cl)c1)N1CCC2(O)CCCCC2C1. The van der Waals surface area contributed by atoms with E-state index in [2.05, 4.69) is 0 Å². The number of rotatable bonds is 2. The summed E-state index contributed by atoms with van der Waals surface area (Å²) >= 11 is 5.90. The first-order valence-electron chi connectivity index (χ1n) is 7.40. The van der Waals surface area contributed by atoms with Crippen LogP contribution in [-0.4, -0.2) is 36.5 Å². The number of hydrogen-bond acceptors (Lipinski definition) is 3. The van der Waals surface area contributed by atoms with Crippen molar-refractivity contribution in [3.8, 4) is 0 Å². The lowest BCUT2D eigenvalue weighted by Gasteiger charge is -2.46. The Balaban J connectivity index is 1.84. The van der Waals surface area contributed by atoms with Crippen molar-refractivity contribution in [2.45, 2.75) is 42.6 Å². The summed E-state index contributed by atoms with van der Waals surface area (Å²) < 4.78 is 26.9. The Hall–Kier alpha value is -0.620. The van der Waals surface area contributed by atoms with Crippen molar-refractivity contribution in [3.63, 3.8) is 0 Å². The number of aliphatic hydroxyl groups is 1. The molecular weight excluding hydrogens is 310 g/mol. The van der Waals surface area contributed by atoms with Gasteiger partial charge in [-0.1, -0.05) is 30.5 Å². The van der Waals surface area contributed by atoms with Gasteiger partial charge in [0.15, 0.2) is 0 Å². The van der Waals surface area contributed by atoms with E-state index in [1.54, 1.807) is 18.2 Å². The maximum Gasteiger partial charge on any atom is 0.243 e. The van der Waals surface area contributed by atoms with Crippen LogP contribution >= 0.6 is 11.6 Å². The highest BCUT2D eigenvalue weighted by atomic mass is 35.5. The van der Waals surface area contributed by atoms with Crippen LogP contribution in [0, 0.1) is 5.92 Å². The van der Waals surface area contributed by atoms with Gasteiger partial charge in [0.2, 0.25) is 10.0 Å². The van der Waals surface area contributed by atoms with E-state index in [9.17, 15) is 13.5 Å². The van der Waals surface area contributed by atoms with Gasteiger partial charge in [0.25, 0.3) is 0 Å². The minimum Gasteiger partial charge on any atom is -0.390 e. The summed E-state index contributed by atoms with van der Waals surface area (Å²) in [6.07, 6.45) is 4.32. The van der Waals surface area contributed by atoms with Gasteiger partial charge in [-0.05, 0) is 37.5 Å². The second kappa shape index (κ2) is 5.54. The molecular formula is C15H20ClNO3S. The molecule has 2 fully saturated rings. The summed E-state index contributed by atoms with van der Waals surface area (Å²) in [5.41, 5.74) is -0.668. The molecule has 1 aliphatic heterocycles. The molecule has 0 amide bonds. The van der Waals surface area contributed by atoms with Gasteiger partial charge in [-0.15, -0.1) is 0 Å². The van der Waals surface area contributed by atoms with Crippen molar-refractivity contribution in [2.24, 2.45) is 5.92 Å². The third-order valence-electron chi connectivity index (χ3n) is 4.82. The standard InChI is InChI=1S/C15H20ClNO3S/c16-13-5-3-6-14(10-13)21(19,20)17-9-8-15(18)7-2-1-4-12(15)11-17/h3,5-6,10,12,18H,1-2,4,7-9,11H2. The topological polar surface area (TPSA) is 57.6 Å². The van der Waals surface area contributed by atoms with Crippen LogP contribution in [-0.2, 0) is 10.0 Å². The summed E-state index contributed by atoms with van der Waals surface area (Å²) in [6.45, 7) is 0.785. The summed E-state index contributed by atoms with van der Waals surface area (Å²) in [4.78, 5) is 0.233. The molecule has 1 heterocycles. The largest absolute Gasteiger partial charge is 0.390 e. The van der Waals surface area contributed by atoms with Gasteiger partial charge in [0.05, 0.1) is 10.5 Å². The van der Waals surface area contributed by atoms with Gasteiger partial charge in [-0.3, -0.25) is 0 Å². The number of halogens is 1. The van der Waals surface area contributed by atoms with Gasteiger partial charge in [0, 0.05) is 24.0 Å². The minimum absolute atomic E-state index is 0.0500. The van der Waals surface area contributed by atoms with Crippen molar-refractivity contribution in [1.29, 1.82) is 0 Å². The second-order valence-corrected chi connectivity index (χ2v) is 8.49. The fraction of sp³-hybridized carbons (Fsp3) is 0.600. The van der Waals surface area contributed by atoms with E-state index in [0.717, 1.165) is 25.7 Å². The van der Waals surface area contributed by atoms with E-state index in [1.165, 1.54) is 10.4 Å². The highest BCUT2D eigenvalue weighted by molar-refractivity contribution is 7.89. The molecule has 1 saturated heterocycles. The molecule has 1 saturated carbocycles. The van der Waals surface area contributed by atoms with Gasteiger partial charge in [-0.2, -0.15) is 4.31 Å². The van der Waals surface area contributed by atoms with Crippen LogP contribution in [0.4, 0.5) is 0 Å². The molecule has 2 aliphatic rings. The summed E-state index contributed by atoms with van der Waals surface area (Å²) in [7, 11) is -3.52. The molecule has 6 heteroatoms. The first kappa shape index (κ1) is 15.3. The highest BCUT2D eigenvalue weighted by Crippen LogP contribution is 2.41. The summed E-state index contributed by atoms with van der Waals surface area (Å²) in [5.74, 6) is 0.0500. The molecule has 4 nitrogen and oxygen atoms in total. The molecule has 3 rings (SSSR count).